The molecular weight excluding hydrogens is 827 g/mol. The highest BCUT2D eigenvalue weighted by atomic mass is 31.2. The molecule has 2 rings (SSSR count). The third-order valence-electron chi connectivity index (χ3n) is 11.9. The summed E-state index contributed by atoms with van der Waals surface area (Å²) in [6.07, 6.45) is 4.46. The number of rotatable bonds is 22. The van der Waals surface area contributed by atoms with Crippen LogP contribution in [-0.4, -0.2) is 132 Å². The normalized spacial score (nSPS) is 32.8. The van der Waals surface area contributed by atoms with Crippen LogP contribution in [0.3, 0.4) is 0 Å². The highest BCUT2D eigenvalue weighted by Gasteiger charge is 2.49. The Morgan fingerprint density at radius 1 is 0.790 bits per heavy atom. The number of aliphatic hydroxyl groups excluding tert-OH is 8. The van der Waals surface area contributed by atoms with Gasteiger partial charge in [-0.05, 0) is 32.1 Å². The Labute approximate surface area is 369 Å². The number of cyclic esters (lactones) is 1. The summed E-state index contributed by atoms with van der Waals surface area (Å²) in [5, 5.41) is 89.8. The first kappa shape index (κ1) is 56.3. The quantitative estimate of drug-likeness (QED) is 0.0292. The van der Waals surface area contributed by atoms with Gasteiger partial charge in [-0.1, -0.05) is 134 Å². The fourth-order valence-electron chi connectivity index (χ4n) is 7.93. The standard InChI is InChI=1S/C45H81O16P/c1-3-5-7-8-9-10-11-12-13-14-15-16-21-25-38(49)58-30-33-31-59-62(56,57)61-45-43(54)41(52)35(28-27-32(46)23-19-6-4-2)37(48)29-36(47)34(40(51)42(53)44(45)55)24-20-17-18-22-26-39(50)60-33/h17,20,27-28,32-37,40-48,51-55H,3-16,18-19,21-26,29-31H2,1-2H3,(H,56,57)/b20-17?,28-27-/t32-,33+,34-,35-,36-,37+,40+,41+,42-,43+,44+,45+/m0/s1. The van der Waals surface area contributed by atoms with Crippen molar-refractivity contribution in [3.8, 4) is 0 Å². The summed E-state index contributed by atoms with van der Waals surface area (Å²) in [5.41, 5.74) is 0. The molecule has 362 valence electrons. The Hall–Kier alpha value is -1.79. The van der Waals surface area contributed by atoms with E-state index in [0.29, 0.717) is 25.7 Å². The van der Waals surface area contributed by atoms with Crippen LogP contribution in [0, 0.1) is 11.8 Å². The molecule has 62 heavy (non-hydrogen) atoms. The number of phosphoric acid groups is 1. The van der Waals surface area contributed by atoms with Gasteiger partial charge in [0.1, 0.15) is 31.0 Å². The highest BCUT2D eigenvalue weighted by molar-refractivity contribution is 7.47. The average Bonchev–Trinajstić information content (AvgIpc) is 3.23. The van der Waals surface area contributed by atoms with E-state index >= 15 is 0 Å². The topological polar surface area (TPSA) is 270 Å². The van der Waals surface area contributed by atoms with E-state index in [-0.39, 0.29) is 25.7 Å². The molecule has 0 aromatic carbocycles. The molecule has 2 aliphatic rings. The number of unbranched alkanes of at least 4 members (excludes halogenated alkanes) is 14. The van der Waals surface area contributed by atoms with Crippen molar-refractivity contribution in [3.05, 3.63) is 24.3 Å². The molecule has 0 aromatic heterocycles. The Balaban J connectivity index is 2.20. The summed E-state index contributed by atoms with van der Waals surface area (Å²) in [7, 11) is -5.43. The second-order valence-electron chi connectivity index (χ2n) is 17.2. The second kappa shape index (κ2) is 32.0. The molecular formula is C45H81O16P. The van der Waals surface area contributed by atoms with Crippen LogP contribution in [0.15, 0.2) is 24.3 Å². The van der Waals surface area contributed by atoms with Crippen molar-refractivity contribution in [1.29, 1.82) is 0 Å². The van der Waals surface area contributed by atoms with E-state index in [1.165, 1.54) is 63.5 Å². The lowest BCUT2D eigenvalue weighted by molar-refractivity contribution is -0.167. The van der Waals surface area contributed by atoms with E-state index < -0.39 is 112 Å². The fourth-order valence-corrected chi connectivity index (χ4v) is 8.90. The number of aliphatic hydroxyl groups is 8. The van der Waals surface area contributed by atoms with Gasteiger partial charge in [-0.15, -0.1) is 0 Å². The van der Waals surface area contributed by atoms with Gasteiger partial charge in [-0.25, -0.2) is 4.57 Å². The van der Waals surface area contributed by atoms with E-state index in [1.54, 1.807) is 12.2 Å². The van der Waals surface area contributed by atoms with Crippen LogP contribution in [0.1, 0.15) is 162 Å². The molecule has 0 spiro atoms. The molecule has 0 amide bonds. The summed E-state index contributed by atoms with van der Waals surface area (Å²) < 4.78 is 34.6. The molecule has 16 nitrogen and oxygen atoms in total. The molecule has 1 fully saturated rings. The lowest BCUT2D eigenvalue weighted by atomic mass is 9.83. The number of ether oxygens (including phenoxy) is 2. The van der Waals surface area contributed by atoms with Gasteiger partial charge < -0.3 is 55.2 Å². The minimum absolute atomic E-state index is 0.0961. The molecule has 17 heteroatoms. The van der Waals surface area contributed by atoms with Gasteiger partial charge in [0, 0.05) is 31.1 Å². The van der Waals surface area contributed by atoms with Crippen LogP contribution >= 0.6 is 7.82 Å². The monoisotopic (exact) mass is 909 g/mol. The third-order valence-corrected chi connectivity index (χ3v) is 12.8. The number of fused-ring (bicyclic) bond motifs is 4. The van der Waals surface area contributed by atoms with E-state index in [1.807, 2.05) is 6.92 Å². The van der Waals surface area contributed by atoms with Gasteiger partial charge in [0.25, 0.3) is 0 Å². The summed E-state index contributed by atoms with van der Waals surface area (Å²) in [6.45, 7) is 2.83. The molecule has 0 saturated heterocycles. The Morgan fingerprint density at radius 3 is 2.00 bits per heavy atom. The molecule has 0 radical (unpaired) electrons. The lowest BCUT2D eigenvalue weighted by Gasteiger charge is -2.37. The van der Waals surface area contributed by atoms with Gasteiger partial charge in [-0.2, -0.15) is 0 Å². The zero-order chi connectivity index (χ0) is 45.9. The van der Waals surface area contributed by atoms with E-state index in [4.69, 9.17) is 18.5 Å². The maximum atomic E-state index is 13.5. The van der Waals surface area contributed by atoms with Gasteiger partial charge in [0.15, 0.2) is 6.10 Å². The second-order valence-corrected chi connectivity index (χ2v) is 18.6. The summed E-state index contributed by atoms with van der Waals surface area (Å²) in [6, 6.07) is 0. The van der Waals surface area contributed by atoms with Gasteiger partial charge in [-0.3, -0.25) is 18.6 Å². The predicted octanol–water partition coefficient (Wildman–Crippen LogP) is 5.21. The molecule has 0 aromatic rings. The van der Waals surface area contributed by atoms with Crippen LogP contribution in [0.25, 0.3) is 0 Å². The highest BCUT2D eigenvalue weighted by Crippen LogP contribution is 2.47. The summed E-state index contributed by atoms with van der Waals surface area (Å²) in [4.78, 5) is 36.3. The Morgan fingerprint density at radius 2 is 1.37 bits per heavy atom. The van der Waals surface area contributed by atoms with Gasteiger partial charge in [0.2, 0.25) is 0 Å². The summed E-state index contributed by atoms with van der Waals surface area (Å²) in [5.74, 6) is -4.00. The van der Waals surface area contributed by atoms with Crippen molar-refractivity contribution >= 4 is 19.8 Å². The molecule has 13 atom stereocenters. The number of carbonyl (C=O) groups is 2. The van der Waals surface area contributed by atoms with Crippen molar-refractivity contribution in [3.63, 3.8) is 0 Å². The van der Waals surface area contributed by atoms with Crippen molar-refractivity contribution in [1.82, 2.24) is 0 Å². The number of esters is 2. The first-order chi connectivity index (χ1) is 29.6. The predicted molar refractivity (Wildman–Crippen MR) is 232 cm³/mol. The lowest BCUT2D eigenvalue weighted by Crippen LogP contribution is -2.55. The number of hydrogen-bond acceptors (Lipinski definition) is 15. The molecule has 1 aliphatic heterocycles. The van der Waals surface area contributed by atoms with Crippen LogP contribution in [0.4, 0.5) is 0 Å². The SMILES string of the molecule is CCCCCCCCCCCCCCCC(=O)OC[C@@H]1COP(=O)(O)O[C@H]2[C@H](O)[C@@H](O)[C@H](O)[C@@H](CC=CCCCC(=O)O1)[C@@H](O)C[C@@H](O)[C@H](/C=C\[C@@H](O)CCCCC)[C@@H](O)[C@H]2O. The zero-order valence-electron chi connectivity index (χ0n) is 37.2. The minimum Gasteiger partial charge on any atom is -0.462 e. The first-order valence-corrected chi connectivity index (χ1v) is 24.9. The smallest absolute Gasteiger partial charge is 0.462 e. The maximum absolute atomic E-state index is 13.5. The van der Waals surface area contributed by atoms with Crippen molar-refractivity contribution < 1.29 is 78.4 Å². The average molecular weight is 909 g/mol. The largest absolute Gasteiger partial charge is 0.472 e. The minimum atomic E-state index is -5.43. The third kappa shape index (κ3) is 22.4. The van der Waals surface area contributed by atoms with Crippen LogP contribution in [-0.2, 0) is 32.7 Å². The number of carbonyl (C=O) groups excluding carboxylic acids is 2. The molecule has 2 bridgehead atoms. The zero-order valence-corrected chi connectivity index (χ0v) is 38.1. The van der Waals surface area contributed by atoms with Crippen molar-refractivity contribution in [2.75, 3.05) is 13.2 Å². The van der Waals surface area contributed by atoms with Gasteiger partial charge in [0.05, 0.1) is 37.1 Å². The van der Waals surface area contributed by atoms with Crippen LogP contribution in [0.2, 0.25) is 0 Å². The molecule has 1 heterocycles. The number of allylic oxidation sites excluding steroid dienone is 2. The Bertz CT molecular complexity index is 1320. The van der Waals surface area contributed by atoms with Gasteiger partial charge >= 0.3 is 19.8 Å². The van der Waals surface area contributed by atoms with Crippen molar-refractivity contribution in [2.24, 2.45) is 11.8 Å². The van der Waals surface area contributed by atoms with Crippen molar-refractivity contribution in [2.45, 2.75) is 223 Å². The maximum Gasteiger partial charge on any atom is 0.472 e. The molecule has 1 saturated carbocycles. The number of hydrogen-bond donors (Lipinski definition) is 9. The fraction of sp³-hybridized carbons (Fsp3) is 0.867. The van der Waals surface area contributed by atoms with E-state index in [2.05, 4.69) is 6.92 Å². The van der Waals surface area contributed by atoms with E-state index in [0.717, 1.165) is 38.5 Å². The summed E-state index contributed by atoms with van der Waals surface area (Å²) >= 11 is 0. The molecule has 9 N–H and O–H groups in total. The van der Waals surface area contributed by atoms with Crippen LogP contribution < -0.4 is 0 Å². The van der Waals surface area contributed by atoms with E-state index in [9.17, 15) is 59.9 Å². The van der Waals surface area contributed by atoms with Crippen LogP contribution in [0.5, 0.6) is 0 Å². The molecule has 1 aliphatic carbocycles. The first-order valence-electron chi connectivity index (χ1n) is 23.4. The molecule has 1 unspecified atom stereocenters. The number of phosphoric ester groups is 1. The Kier molecular flexibility index (Phi) is 29.1.